The van der Waals surface area contributed by atoms with Crippen LogP contribution in [0.2, 0.25) is 0 Å². The monoisotopic (exact) mass is 406 g/mol. The van der Waals surface area contributed by atoms with Gasteiger partial charge in [0.1, 0.15) is 6.61 Å². The summed E-state index contributed by atoms with van der Waals surface area (Å²) in [4.78, 5) is 43.4. The van der Waals surface area contributed by atoms with Crippen molar-refractivity contribution in [2.75, 3.05) is 7.11 Å². The highest BCUT2D eigenvalue weighted by Gasteiger charge is 2.49. The van der Waals surface area contributed by atoms with E-state index in [-0.39, 0.29) is 42.0 Å². The van der Waals surface area contributed by atoms with Crippen LogP contribution >= 0.6 is 0 Å². The molecule has 0 amide bonds. The molecule has 1 N–H and O–H groups in total. The molecule has 2 aliphatic rings. The number of rotatable bonds is 2. The molecule has 30 heavy (non-hydrogen) atoms. The number of benzene rings is 1. The lowest BCUT2D eigenvalue weighted by Crippen LogP contribution is -2.46. The molecule has 0 aliphatic carbocycles. The first-order valence-corrected chi connectivity index (χ1v) is 9.57. The van der Waals surface area contributed by atoms with Crippen molar-refractivity contribution in [3.8, 4) is 11.4 Å². The number of esters is 2. The Morgan fingerprint density at radius 2 is 2.10 bits per heavy atom. The van der Waals surface area contributed by atoms with Gasteiger partial charge < -0.3 is 19.1 Å². The number of nitrogens with zero attached hydrogens (tertiary/aromatic N) is 2. The Balaban J connectivity index is 1.94. The summed E-state index contributed by atoms with van der Waals surface area (Å²) in [7, 11) is 1.22. The average molecular weight is 406 g/mol. The van der Waals surface area contributed by atoms with Gasteiger partial charge in [0.2, 0.25) is 0 Å². The van der Waals surface area contributed by atoms with Crippen molar-refractivity contribution < 1.29 is 24.2 Å². The van der Waals surface area contributed by atoms with Gasteiger partial charge in [-0.3, -0.25) is 4.79 Å². The second-order valence-corrected chi connectivity index (χ2v) is 7.44. The highest BCUT2D eigenvalue weighted by Crippen LogP contribution is 2.42. The number of pyridine rings is 2. The average Bonchev–Trinajstić information content (AvgIpc) is 3.13. The molecule has 0 bridgehead atoms. The third-order valence-corrected chi connectivity index (χ3v) is 5.92. The molecule has 0 spiro atoms. The molecule has 0 saturated carbocycles. The molecule has 1 aromatic carbocycles. The van der Waals surface area contributed by atoms with Crippen molar-refractivity contribution in [2.45, 2.75) is 32.1 Å². The maximum Gasteiger partial charge on any atom is 0.343 e. The molecule has 152 valence electrons. The second kappa shape index (κ2) is 6.24. The Hall–Kier alpha value is -3.52. The van der Waals surface area contributed by atoms with E-state index in [1.807, 2.05) is 30.3 Å². The van der Waals surface area contributed by atoms with Crippen molar-refractivity contribution in [1.29, 1.82) is 0 Å². The van der Waals surface area contributed by atoms with Gasteiger partial charge in [-0.25, -0.2) is 14.6 Å². The van der Waals surface area contributed by atoms with Gasteiger partial charge in [0.15, 0.2) is 5.60 Å². The van der Waals surface area contributed by atoms with E-state index in [0.717, 1.165) is 10.9 Å². The normalized spacial score (nSPS) is 19.1. The van der Waals surface area contributed by atoms with Crippen molar-refractivity contribution in [1.82, 2.24) is 9.55 Å². The highest BCUT2D eigenvalue weighted by atomic mass is 16.6. The zero-order valence-electron chi connectivity index (χ0n) is 16.4. The first-order valence-electron chi connectivity index (χ1n) is 9.57. The number of ether oxygens (including phenoxy) is 2. The van der Waals surface area contributed by atoms with Crippen LogP contribution in [0.15, 0.2) is 35.1 Å². The van der Waals surface area contributed by atoms with Crippen LogP contribution in [0, 0.1) is 0 Å². The standard InChI is InChI=1S/C22H18N2O6/c1-3-22(28)16-13(10-30-21(22)27)19(25)24-9-12-8-11-6-4-5-7-14(11)23-17(12)18(24)15(16)20(26)29-2/h4-8,28H,3,9-10H2,1-2H3/t22-/m0/s1. The number of aromatic nitrogens is 2. The minimum atomic E-state index is -2.12. The largest absolute Gasteiger partial charge is 0.465 e. The molecule has 2 aliphatic heterocycles. The van der Waals surface area contributed by atoms with E-state index in [1.54, 1.807) is 6.92 Å². The zero-order chi connectivity index (χ0) is 21.2. The van der Waals surface area contributed by atoms with E-state index in [2.05, 4.69) is 0 Å². The smallest absolute Gasteiger partial charge is 0.343 e. The van der Waals surface area contributed by atoms with Crippen molar-refractivity contribution in [3.05, 3.63) is 62.9 Å². The van der Waals surface area contributed by atoms with Gasteiger partial charge in [0, 0.05) is 16.5 Å². The summed E-state index contributed by atoms with van der Waals surface area (Å²) in [5.74, 6) is -1.64. The third kappa shape index (κ3) is 2.25. The Morgan fingerprint density at radius 1 is 1.33 bits per heavy atom. The maximum atomic E-state index is 13.3. The summed E-state index contributed by atoms with van der Waals surface area (Å²) < 4.78 is 11.5. The van der Waals surface area contributed by atoms with Gasteiger partial charge in [-0.15, -0.1) is 0 Å². The Kier molecular flexibility index (Phi) is 3.85. The van der Waals surface area contributed by atoms with Gasteiger partial charge in [0.25, 0.3) is 5.56 Å². The fourth-order valence-electron chi connectivity index (χ4n) is 4.40. The van der Waals surface area contributed by atoms with Crippen LogP contribution < -0.4 is 5.56 Å². The number of para-hydroxylation sites is 1. The number of carbonyl (C=O) groups excluding carboxylic acids is 2. The molecule has 5 rings (SSSR count). The summed E-state index contributed by atoms with van der Waals surface area (Å²) in [5, 5.41) is 12.1. The number of cyclic esters (lactones) is 1. The number of hydrogen-bond acceptors (Lipinski definition) is 7. The predicted molar refractivity (Wildman–Crippen MR) is 106 cm³/mol. The van der Waals surface area contributed by atoms with Crippen molar-refractivity contribution in [3.63, 3.8) is 0 Å². The highest BCUT2D eigenvalue weighted by molar-refractivity contribution is 6.02. The van der Waals surface area contributed by atoms with Crippen LogP contribution in [-0.2, 0) is 33.0 Å². The Morgan fingerprint density at radius 3 is 2.83 bits per heavy atom. The van der Waals surface area contributed by atoms with E-state index in [1.165, 1.54) is 11.7 Å². The number of carbonyl (C=O) groups is 2. The molecule has 0 radical (unpaired) electrons. The molecule has 1 atom stereocenters. The third-order valence-electron chi connectivity index (χ3n) is 5.92. The molecule has 0 fully saturated rings. The summed E-state index contributed by atoms with van der Waals surface area (Å²) in [5.41, 5.74) is -0.317. The molecule has 0 saturated heterocycles. The van der Waals surface area contributed by atoms with Crippen LogP contribution in [0.25, 0.3) is 22.3 Å². The van der Waals surface area contributed by atoms with Crippen LogP contribution in [0.4, 0.5) is 0 Å². The topological polar surface area (TPSA) is 108 Å². The quantitative estimate of drug-likeness (QED) is 0.506. The minimum Gasteiger partial charge on any atom is -0.465 e. The number of aliphatic hydroxyl groups is 1. The molecule has 8 nitrogen and oxygen atoms in total. The van der Waals surface area contributed by atoms with E-state index >= 15 is 0 Å². The molecule has 2 aromatic heterocycles. The van der Waals surface area contributed by atoms with E-state index < -0.39 is 23.1 Å². The van der Waals surface area contributed by atoms with E-state index in [9.17, 15) is 19.5 Å². The molecule has 0 unspecified atom stereocenters. The van der Waals surface area contributed by atoms with E-state index in [0.29, 0.717) is 11.2 Å². The lowest BCUT2D eigenvalue weighted by molar-refractivity contribution is -0.172. The van der Waals surface area contributed by atoms with Gasteiger partial charge >= 0.3 is 11.9 Å². The summed E-state index contributed by atoms with van der Waals surface area (Å²) in [6.07, 6.45) is -0.0657. The summed E-state index contributed by atoms with van der Waals surface area (Å²) >= 11 is 0. The van der Waals surface area contributed by atoms with Crippen LogP contribution in [0.3, 0.4) is 0 Å². The number of methoxy groups -OCH3 is 1. The Labute approximate surface area is 170 Å². The summed E-state index contributed by atoms with van der Waals surface area (Å²) in [6.45, 7) is 1.49. The summed E-state index contributed by atoms with van der Waals surface area (Å²) in [6, 6.07) is 9.43. The fourth-order valence-corrected chi connectivity index (χ4v) is 4.40. The molecular weight excluding hydrogens is 388 g/mol. The predicted octanol–water partition coefficient (Wildman–Crippen LogP) is 1.87. The second-order valence-electron chi connectivity index (χ2n) is 7.44. The van der Waals surface area contributed by atoms with E-state index in [4.69, 9.17) is 14.5 Å². The first-order chi connectivity index (χ1) is 14.4. The maximum absolute atomic E-state index is 13.3. The van der Waals surface area contributed by atoms with Crippen LogP contribution in [-0.4, -0.2) is 33.7 Å². The fraction of sp³-hybridized carbons (Fsp3) is 0.273. The molecule has 3 aromatic rings. The number of fused-ring (bicyclic) bond motifs is 5. The molecule has 4 heterocycles. The van der Waals surface area contributed by atoms with Gasteiger partial charge in [-0.05, 0) is 18.6 Å². The first kappa shape index (κ1) is 18.5. The van der Waals surface area contributed by atoms with Crippen LogP contribution in [0.1, 0.15) is 40.4 Å². The van der Waals surface area contributed by atoms with Crippen LogP contribution in [0.5, 0.6) is 0 Å². The SMILES string of the molecule is CC[C@@]1(O)C(=O)OCc2c1c(C(=O)OC)c1n(c2=O)Cc2cc3ccccc3nc2-1. The zero-order valence-corrected chi connectivity index (χ0v) is 16.4. The lowest BCUT2D eigenvalue weighted by Gasteiger charge is -2.33. The van der Waals surface area contributed by atoms with Crippen molar-refractivity contribution in [2.24, 2.45) is 0 Å². The number of hydrogen-bond donors (Lipinski definition) is 1. The van der Waals surface area contributed by atoms with Gasteiger partial charge in [-0.2, -0.15) is 0 Å². The molecule has 8 heteroatoms. The van der Waals surface area contributed by atoms with Gasteiger partial charge in [-0.1, -0.05) is 25.1 Å². The minimum absolute atomic E-state index is 0.0189. The van der Waals surface area contributed by atoms with Crippen molar-refractivity contribution >= 4 is 22.8 Å². The van der Waals surface area contributed by atoms with Gasteiger partial charge in [0.05, 0.1) is 41.7 Å². The lowest BCUT2D eigenvalue weighted by atomic mass is 9.82. The Bertz CT molecular complexity index is 1330. The molecular formula is C22H18N2O6.